The van der Waals surface area contributed by atoms with E-state index in [1.54, 1.807) is 24.3 Å². The van der Waals surface area contributed by atoms with E-state index in [0.717, 1.165) is 6.08 Å². The van der Waals surface area contributed by atoms with Crippen molar-refractivity contribution < 1.29 is 24.5 Å². The Morgan fingerprint density at radius 2 is 1.94 bits per heavy atom. The summed E-state index contributed by atoms with van der Waals surface area (Å²) in [6, 6.07) is 6.59. The number of ether oxygens (including phenoxy) is 1. The summed E-state index contributed by atoms with van der Waals surface area (Å²) in [6.07, 6.45) is 2.31. The van der Waals surface area contributed by atoms with Gasteiger partial charge in [0.2, 0.25) is 0 Å². The minimum absolute atomic E-state index is 0.336. The van der Waals surface area contributed by atoms with Crippen LogP contribution in [0, 0.1) is 0 Å². The zero-order valence-corrected chi connectivity index (χ0v) is 8.29. The van der Waals surface area contributed by atoms with E-state index < -0.39 is 18.5 Å². The lowest BCUT2D eigenvalue weighted by atomic mass is 10.2. The van der Waals surface area contributed by atoms with Crippen molar-refractivity contribution in [2.24, 2.45) is 0 Å². The second-order valence-electron chi connectivity index (χ2n) is 2.89. The van der Waals surface area contributed by atoms with Crippen LogP contribution >= 0.6 is 0 Å². The highest BCUT2D eigenvalue weighted by atomic mass is 16.5. The molecule has 0 heterocycles. The smallest absolute Gasteiger partial charge is 0.341 e. The van der Waals surface area contributed by atoms with Gasteiger partial charge in [0.05, 0.1) is 0 Å². The average Bonchev–Trinajstić information content (AvgIpc) is 2.24. The van der Waals surface area contributed by atoms with Gasteiger partial charge in [-0.3, -0.25) is 0 Å². The number of para-hydroxylation sites is 1. The topological polar surface area (TPSA) is 83.8 Å². The van der Waals surface area contributed by atoms with Gasteiger partial charge in [-0.25, -0.2) is 9.59 Å². The lowest BCUT2D eigenvalue weighted by Crippen LogP contribution is -2.09. The predicted molar refractivity (Wildman–Crippen MR) is 56.2 cm³/mol. The Labute approximate surface area is 91.6 Å². The SMILES string of the molecule is O=C(O)/C=C/c1ccccc1OCC(=O)O. The number of rotatable bonds is 5. The standard InChI is InChI=1S/C11H10O5/c12-10(13)6-5-8-3-1-2-4-9(8)16-7-11(14)15/h1-6H,7H2,(H,12,13)(H,14,15)/b6-5+. The van der Waals surface area contributed by atoms with Crippen LogP contribution in [0.5, 0.6) is 5.75 Å². The molecule has 84 valence electrons. The quantitative estimate of drug-likeness (QED) is 0.732. The van der Waals surface area contributed by atoms with Crippen LogP contribution in [0.2, 0.25) is 0 Å². The highest BCUT2D eigenvalue weighted by Gasteiger charge is 2.03. The van der Waals surface area contributed by atoms with E-state index in [1.165, 1.54) is 6.08 Å². The molecule has 0 aliphatic carbocycles. The van der Waals surface area contributed by atoms with E-state index >= 15 is 0 Å². The lowest BCUT2D eigenvalue weighted by molar-refractivity contribution is -0.139. The van der Waals surface area contributed by atoms with Crippen LogP contribution in [0.4, 0.5) is 0 Å². The van der Waals surface area contributed by atoms with Gasteiger partial charge in [-0.05, 0) is 12.1 Å². The second kappa shape index (κ2) is 5.55. The van der Waals surface area contributed by atoms with Gasteiger partial charge in [0.25, 0.3) is 0 Å². The maximum absolute atomic E-state index is 10.3. The molecule has 0 amide bonds. The molecule has 0 saturated heterocycles. The Kier molecular flexibility index (Phi) is 4.08. The van der Waals surface area contributed by atoms with Gasteiger partial charge in [0.1, 0.15) is 5.75 Å². The number of benzene rings is 1. The fourth-order valence-electron chi connectivity index (χ4n) is 1.05. The zero-order valence-electron chi connectivity index (χ0n) is 8.29. The number of aliphatic carboxylic acids is 2. The molecule has 0 radical (unpaired) electrons. The summed E-state index contributed by atoms with van der Waals surface area (Å²) in [7, 11) is 0. The molecule has 0 aliphatic heterocycles. The first kappa shape index (κ1) is 11.8. The first-order valence-corrected chi connectivity index (χ1v) is 4.44. The van der Waals surface area contributed by atoms with Gasteiger partial charge in [0, 0.05) is 11.6 Å². The molecule has 1 rings (SSSR count). The first-order valence-electron chi connectivity index (χ1n) is 4.44. The van der Waals surface area contributed by atoms with Crippen molar-refractivity contribution in [1.82, 2.24) is 0 Å². The third-order valence-corrected chi connectivity index (χ3v) is 1.68. The van der Waals surface area contributed by atoms with Crippen LogP contribution in [-0.4, -0.2) is 28.8 Å². The van der Waals surface area contributed by atoms with Crippen LogP contribution in [0.3, 0.4) is 0 Å². The van der Waals surface area contributed by atoms with Crippen molar-refractivity contribution in [2.45, 2.75) is 0 Å². The molecule has 0 spiro atoms. The van der Waals surface area contributed by atoms with Crippen LogP contribution in [0.15, 0.2) is 30.3 Å². The highest BCUT2D eigenvalue weighted by molar-refractivity contribution is 5.85. The predicted octanol–water partition coefficient (Wildman–Crippen LogP) is 1.25. The zero-order chi connectivity index (χ0) is 12.0. The van der Waals surface area contributed by atoms with Crippen LogP contribution in [0.25, 0.3) is 6.08 Å². The third-order valence-electron chi connectivity index (χ3n) is 1.68. The highest BCUT2D eigenvalue weighted by Crippen LogP contribution is 2.19. The minimum Gasteiger partial charge on any atom is -0.481 e. The Morgan fingerprint density at radius 1 is 1.25 bits per heavy atom. The first-order chi connectivity index (χ1) is 7.59. The summed E-state index contributed by atoms with van der Waals surface area (Å²) in [6.45, 7) is -0.460. The summed E-state index contributed by atoms with van der Waals surface area (Å²) in [4.78, 5) is 20.6. The normalized spacial score (nSPS) is 10.2. The molecule has 0 atom stereocenters. The van der Waals surface area contributed by atoms with Gasteiger partial charge < -0.3 is 14.9 Å². The molecule has 0 saturated carbocycles. The minimum atomic E-state index is -1.09. The van der Waals surface area contributed by atoms with Crippen molar-refractivity contribution in [3.63, 3.8) is 0 Å². The molecular weight excluding hydrogens is 212 g/mol. The molecule has 5 heteroatoms. The van der Waals surface area contributed by atoms with E-state index in [4.69, 9.17) is 14.9 Å². The Hall–Kier alpha value is -2.30. The maximum Gasteiger partial charge on any atom is 0.341 e. The van der Waals surface area contributed by atoms with E-state index in [9.17, 15) is 9.59 Å². The molecule has 0 unspecified atom stereocenters. The van der Waals surface area contributed by atoms with Gasteiger partial charge in [-0.2, -0.15) is 0 Å². The largest absolute Gasteiger partial charge is 0.481 e. The molecule has 1 aromatic rings. The van der Waals surface area contributed by atoms with Gasteiger partial charge in [-0.15, -0.1) is 0 Å². The summed E-state index contributed by atoms with van der Waals surface area (Å²) in [5, 5.41) is 16.9. The Morgan fingerprint density at radius 3 is 2.56 bits per heavy atom. The molecular formula is C11H10O5. The number of carbonyl (C=O) groups is 2. The molecule has 5 nitrogen and oxygen atoms in total. The molecule has 1 aromatic carbocycles. The van der Waals surface area contributed by atoms with Crippen molar-refractivity contribution in [2.75, 3.05) is 6.61 Å². The number of hydrogen-bond donors (Lipinski definition) is 2. The lowest BCUT2D eigenvalue weighted by Gasteiger charge is -2.05. The molecule has 0 bridgehead atoms. The number of hydrogen-bond acceptors (Lipinski definition) is 3. The van der Waals surface area contributed by atoms with Gasteiger partial charge in [-0.1, -0.05) is 18.2 Å². The fraction of sp³-hybridized carbons (Fsp3) is 0.0909. The molecule has 0 aromatic heterocycles. The van der Waals surface area contributed by atoms with Gasteiger partial charge in [0.15, 0.2) is 6.61 Å². The van der Waals surface area contributed by atoms with Crippen molar-refractivity contribution in [3.8, 4) is 5.75 Å². The van der Waals surface area contributed by atoms with Crippen LogP contribution in [0.1, 0.15) is 5.56 Å². The van der Waals surface area contributed by atoms with E-state index in [-0.39, 0.29) is 0 Å². The van der Waals surface area contributed by atoms with Crippen molar-refractivity contribution in [3.05, 3.63) is 35.9 Å². The molecule has 2 N–H and O–H groups in total. The molecule has 0 fully saturated rings. The maximum atomic E-state index is 10.3. The second-order valence-corrected chi connectivity index (χ2v) is 2.89. The third kappa shape index (κ3) is 3.83. The van der Waals surface area contributed by atoms with E-state index in [1.807, 2.05) is 0 Å². The summed E-state index contributed by atoms with van der Waals surface area (Å²) >= 11 is 0. The number of carboxylic acids is 2. The van der Waals surface area contributed by atoms with Crippen molar-refractivity contribution in [1.29, 1.82) is 0 Å². The molecule has 0 aliphatic rings. The van der Waals surface area contributed by atoms with E-state index in [0.29, 0.717) is 11.3 Å². The Balaban J connectivity index is 2.83. The van der Waals surface area contributed by atoms with Crippen molar-refractivity contribution >= 4 is 18.0 Å². The number of carboxylic acid groups (broad SMARTS) is 2. The summed E-state index contributed by atoms with van der Waals surface area (Å²) < 4.78 is 4.99. The molecule has 16 heavy (non-hydrogen) atoms. The van der Waals surface area contributed by atoms with Crippen LogP contribution < -0.4 is 4.74 Å². The van der Waals surface area contributed by atoms with E-state index in [2.05, 4.69) is 0 Å². The Bertz CT molecular complexity index is 422. The summed E-state index contributed by atoms with van der Waals surface area (Å²) in [5.74, 6) is -1.83. The van der Waals surface area contributed by atoms with Gasteiger partial charge >= 0.3 is 11.9 Å². The summed E-state index contributed by atoms with van der Waals surface area (Å²) in [5.41, 5.74) is 0.520. The fourth-order valence-corrected chi connectivity index (χ4v) is 1.05. The average molecular weight is 222 g/mol. The monoisotopic (exact) mass is 222 g/mol. The van der Waals surface area contributed by atoms with Crippen LogP contribution in [-0.2, 0) is 9.59 Å².